The minimum atomic E-state index is -0.745. The lowest BCUT2D eigenvalue weighted by atomic mass is 9.98. The summed E-state index contributed by atoms with van der Waals surface area (Å²) in [5.41, 5.74) is -0.589. The van der Waals surface area contributed by atoms with E-state index in [1.54, 1.807) is 18.2 Å². The summed E-state index contributed by atoms with van der Waals surface area (Å²) in [7, 11) is 3.04. The molecule has 10 nitrogen and oxygen atoms in total. The normalized spacial score (nSPS) is 15.7. The molecular weight excluding hydrogens is 404 g/mol. The highest BCUT2D eigenvalue weighted by Gasteiger charge is 2.34. The van der Waals surface area contributed by atoms with Crippen molar-refractivity contribution in [3.05, 3.63) is 50.2 Å². The van der Waals surface area contributed by atoms with E-state index in [4.69, 9.17) is 9.47 Å². The number of nitrogens with zero attached hydrogens (tertiary/aromatic N) is 3. The number of H-pyrrole nitrogens is 1. The van der Waals surface area contributed by atoms with Crippen LogP contribution in [0, 0.1) is 0 Å². The number of aromatic amines is 1. The Hall–Kier alpha value is -3.56. The smallest absolute Gasteiger partial charge is 0.331 e. The first-order chi connectivity index (χ1) is 14.8. The van der Waals surface area contributed by atoms with Gasteiger partial charge in [-0.25, -0.2) is 9.80 Å². The van der Waals surface area contributed by atoms with E-state index in [0.29, 0.717) is 17.9 Å². The fourth-order valence-electron chi connectivity index (χ4n) is 3.61. The lowest BCUT2D eigenvalue weighted by Gasteiger charge is -2.21. The molecule has 0 fully saturated rings. The Kier molecular flexibility index (Phi) is 6.47. The number of hydrazone groups is 1. The van der Waals surface area contributed by atoms with Crippen LogP contribution in [0.3, 0.4) is 0 Å². The minimum Gasteiger partial charge on any atom is -0.494 e. The summed E-state index contributed by atoms with van der Waals surface area (Å²) in [5, 5.41) is 16.3. The zero-order chi connectivity index (χ0) is 22.7. The summed E-state index contributed by atoms with van der Waals surface area (Å²) in [5.74, 6) is 0.255. The van der Waals surface area contributed by atoms with Crippen molar-refractivity contribution in [2.24, 2.45) is 5.10 Å². The average Bonchev–Trinajstić information content (AvgIpc) is 3.18. The Morgan fingerprint density at radius 3 is 2.58 bits per heavy atom. The number of hydrogen-bond donors (Lipinski definition) is 2. The number of hydrogen-bond acceptors (Lipinski definition) is 7. The molecule has 2 aromatic rings. The SMILES string of the molecule is CCCCn1c(O)c(C2=NN(C(C)=O)[C@H](c3ccc(OC)c(OC)c3)C2)c(=O)[nH]c1=O. The Labute approximate surface area is 178 Å². The van der Waals surface area contributed by atoms with Crippen LogP contribution in [0.2, 0.25) is 0 Å². The predicted octanol–water partition coefficient (Wildman–Crippen LogP) is 1.76. The molecule has 0 unspecified atom stereocenters. The third-order valence-corrected chi connectivity index (χ3v) is 5.22. The van der Waals surface area contributed by atoms with Crippen LogP contribution in [0.15, 0.2) is 32.9 Å². The second-order valence-corrected chi connectivity index (χ2v) is 7.21. The van der Waals surface area contributed by atoms with E-state index < -0.39 is 23.2 Å². The van der Waals surface area contributed by atoms with Gasteiger partial charge in [-0.05, 0) is 24.1 Å². The second-order valence-electron chi connectivity index (χ2n) is 7.21. The molecule has 1 aliphatic heterocycles. The minimum absolute atomic E-state index is 0.107. The molecule has 2 N–H and O–H groups in total. The maximum atomic E-state index is 12.5. The Morgan fingerprint density at radius 1 is 1.26 bits per heavy atom. The molecule has 0 saturated heterocycles. The predicted molar refractivity (Wildman–Crippen MR) is 114 cm³/mol. The summed E-state index contributed by atoms with van der Waals surface area (Å²) in [6.07, 6.45) is 1.64. The van der Waals surface area contributed by atoms with Gasteiger partial charge in [0.25, 0.3) is 5.56 Å². The van der Waals surface area contributed by atoms with Gasteiger partial charge in [0.15, 0.2) is 11.5 Å². The molecule has 166 valence electrons. The largest absolute Gasteiger partial charge is 0.494 e. The van der Waals surface area contributed by atoms with Gasteiger partial charge in [0.05, 0.1) is 26.0 Å². The number of unbranched alkanes of at least 4 members (excludes halogenated alkanes) is 1. The number of aromatic nitrogens is 2. The van der Waals surface area contributed by atoms with Gasteiger partial charge in [0.1, 0.15) is 5.56 Å². The second kappa shape index (κ2) is 9.07. The Bertz CT molecular complexity index is 1130. The number of benzene rings is 1. The molecule has 1 atom stereocenters. The summed E-state index contributed by atoms with van der Waals surface area (Å²) in [6, 6.07) is 4.73. The number of ether oxygens (including phenoxy) is 2. The molecule has 1 aromatic heterocycles. The molecule has 1 aliphatic rings. The van der Waals surface area contributed by atoms with E-state index in [1.165, 1.54) is 26.2 Å². The van der Waals surface area contributed by atoms with Gasteiger partial charge in [0, 0.05) is 19.9 Å². The van der Waals surface area contributed by atoms with Crippen molar-refractivity contribution in [2.75, 3.05) is 14.2 Å². The first-order valence-corrected chi connectivity index (χ1v) is 9.98. The molecule has 0 radical (unpaired) electrons. The van der Waals surface area contributed by atoms with E-state index >= 15 is 0 Å². The number of carbonyl (C=O) groups excluding carboxylic acids is 1. The first kappa shape index (κ1) is 22.1. The highest BCUT2D eigenvalue weighted by Crippen LogP contribution is 2.37. The van der Waals surface area contributed by atoms with Gasteiger partial charge < -0.3 is 14.6 Å². The van der Waals surface area contributed by atoms with E-state index in [0.717, 1.165) is 16.6 Å². The van der Waals surface area contributed by atoms with Crippen molar-refractivity contribution < 1.29 is 19.4 Å². The highest BCUT2D eigenvalue weighted by atomic mass is 16.5. The maximum absolute atomic E-state index is 12.5. The maximum Gasteiger partial charge on any atom is 0.331 e. The Morgan fingerprint density at radius 2 is 1.97 bits per heavy atom. The van der Waals surface area contributed by atoms with Crippen LogP contribution in [0.5, 0.6) is 17.4 Å². The van der Waals surface area contributed by atoms with Gasteiger partial charge in [-0.3, -0.25) is 19.1 Å². The lowest BCUT2D eigenvalue weighted by Crippen LogP contribution is -2.33. The third kappa shape index (κ3) is 4.18. The first-order valence-electron chi connectivity index (χ1n) is 9.98. The molecule has 10 heteroatoms. The summed E-state index contributed by atoms with van der Waals surface area (Å²) in [6.45, 7) is 3.58. The molecule has 3 rings (SSSR count). The number of rotatable bonds is 7. The molecule has 0 bridgehead atoms. The number of methoxy groups -OCH3 is 2. The van der Waals surface area contributed by atoms with Gasteiger partial charge in [0.2, 0.25) is 11.8 Å². The number of carbonyl (C=O) groups is 1. The van der Waals surface area contributed by atoms with E-state index in [-0.39, 0.29) is 30.1 Å². The number of nitrogens with one attached hydrogen (secondary N) is 1. The summed E-state index contributed by atoms with van der Waals surface area (Å²) < 4.78 is 11.7. The molecule has 1 aromatic carbocycles. The molecule has 1 amide bonds. The van der Waals surface area contributed by atoms with E-state index in [1.807, 2.05) is 6.92 Å². The molecule has 31 heavy (non-hydrogen) atoms. The lowest BCUT2D eigenvalue weighted by molar-refractivity contribution is -0.130. The zero-order valence-corrected chi connectivity index (χ0v) is 18.0. The highest BCUT2D eigenvalue weighted by molar-refractivity contribution is 6.04. The van der Waals surface area contributed by atoms with Crippen molar-refractivity contribution in [3.63, 3.8) is 0 Å². The fraction of sp³-hybridized carbons (Fsp3) is 0.429. The Balaban J connectivity index is 2.06. The van der Waals surface area contributed by atoms with Gasteiger partial charge in [-0.2, -0.15) is 5.10 Å². The number of amides is 1. The van der Waals surface area contributed by atoms with Crippen LogP contribution in [0.25, 0.3) is 0 Å². The van der Waals surface area contributed by atoms with Crippen molar-refractivity contribution in [1.82, 2.24) is 14.6 Å². The quantitative estimate of drug-likeness (QED) is 0.689. The third-order valence-electron chi connectivity index (χ3n) is 5.22. The zero-order valence-electron chi connectivity index (χ0n) is 18.0. The van der Waals surface area contributed by atoms with Crippen molar-refractivity contribution >= 4 is 11.6 Å². The van der Waals surface area contributed by atoms with Gasteiger partial charge in [-0.15, -0.1) is 0 Å². The topological polar surface area (TPSA) is 126 Å². The molecule has 0 aliphatic carbocycles. The van der Waals surface area contributed by atoms with Crippen molar-refractivity contribution in [2.45, 2.75) is 45.7 Å². The molecule has 2 heterocycles. The van der Waals surface area contributed by atoms with Crippen LogP contribution in [-0.2, 0) is 11.3 Å². The molecular formula is C21H26N4O6. The summed E-state index contributed by atoms with van der Waals surface area (Å²) in [4.78, 5) is 39.2. The van der Waals surface area contributed by atoms with Crippen LogP contribution in [0.1, 0.15) is 50.3 Å². The monoisotopic (exact) mass is 430 g/mol. The van der Waals surface area contributed by atoms with Crippen LogP contribution in [0.4, 0.5) is 0 Å². The standard InChI is InChI=1S/C21H26N4O6/c1-5-6-9-24-20(28)18(19(27)22-21(24)29)14-11-15(25(23-14)12(2)26)13-7-8-16(30-3)17(10-13)31-4/h7-8,10,15,28H,5-6,9,11H2,1-4H3,(H,22,27,29)/t15-/m0/s1. The van der Waals surface area contributed by atoms with Gasteiger partial charge in [-0.1, -0.05) is 19.4 Å². The van der Waals surface area contributed by atoms with Crippen LogP contribution in [-0.4, -0.2) is 45.5 Å². The van der Waals surface area contributed by atoms with Crippen LogP contribution < -0.4 is 20.7 Å². The molecule has 0 spiro atoms. The average molecular weight is 430 g/mol. The molecule has 0 saturated carbocycles. The summed E-state index contributed by atoms with van der Waals surface area (Å²) >= 11 is 0. The fourth-order valence-corrected chi connectivity index (χ4v) is 3.61. The van der Waals surface area contributed by atoms with Gasteiger partial charge >= 0.3 is 5.69 Å². The van der Waals surface area contributed by atoms with Crippen molar-refractivity contribution in [1.29, 1.82) is 0 Å². The van der Waals surface area contributed by atoms with Crippen LogP contribution >= 0.6 is 0 Å². The van der Waals surface area contributed by atoms with E-state index in [2.05, 4.69) is 10.1 Å². The van der Waals surface area contributed by atoms with Crippen molar-refractivity contribution in [3.8, 4) is 17.4 Å². The number of aromatic hydroxyl groups is 1. The van der Waals surface area contributed by atoms with E-state index in [9.17, 15) is 19.5 Å².